The van der Waals surface area contributed by atoms with Crippen molar-refractivity contribution in [1.29, 1.82) is 0 Å². The van der Waals surface area contributed by atoms with Crippen molar-refractivity contribution in [3.05, 3.63) is 23.9 Å². The predicted molar refractivity (Wildman–Crippen MR) is 75.5 cm³/mol. The number of methoxy groups -OCH3 is 1. The number of aromatic nitrogens is 1. The van der Waals surface area contributed by atoms with Gasteiger partial charge < -0.3 is 9.64 Å². The van der Waals surface area contributed by atoms with Crippen LogP contribution in [0, 0.1) is 0 Å². The van der Waals surface area contributed by atoms with Crippen molar-refractivity contribution in [3.63, 3.8) is 0 Å². The Balaban J connectivity index is 2.25. The van der Waals surface area contributed by atoms with Crippen LogP contribution in [-0.2, 0) is 4.74 Å². The highest BCUT2D eigenvalue weighted by Crippen LogP contribution is 2.25. The highest BCUT2D eigenvalue weighted by molar-refractivity contribution is 5.90. The molecule has 0 aliphatic carbocycles. The minimum atomic E-state index is -0.300. The Kier molecular flexibility index (Phi) is 4.77. The van der Waals surface area contributed by atoms with Crippen molar-refractivity contribution in [1.82, 2.24) is 4.98 Å². The lowest BCUT2D eigenvalue weighted by Crippen LogP contribution is -2.35. The van der Waals surface area contributed by atoms with Gasteiger partial charge in [0.25, 0.3) is 0 Å². The quantitative estimate of drug-likeness (QED) is 0.785. The molecule has 0 N–H and O–H groups in total. The first-order valence-corrected chi connectivity index (χ1v) is 7.07. The van der Waals surface area contributed by atoms with E-state index >= 15 is 0 Å². The predicted octanol–water partition coefficient (Wildman–Crippen LogP) is 3.03. The SMILES string of the molecule is CCC1CCCCCN1c1cc(C(=O)OC)ccn1. The van der Waals surface area contributed by atoms with Crippen molar-refractivity contribution >= 4 is 11.8 Å². The van der Waals surface area contributed by atoms with E-state index in [4.69, 9.17) is 4.74 Å². The Labute approximate surface area is 114 Å². The number of pyridine rings is 1. The van der Waals surface area contributed by atoms with Gasteiger partial charge in [-0.05, 0) is 31.4 Å². The summed E-state index contributed by atoms with van der Waals surface area (Å²) in [6.45, 7) is 3.24. The van der Waals surface area contributed by atoms with E-state index in [0.717, 1.165) is 18.8 Å². The highest BCUT2D eigenvalue weighted by Gasteiger charge is 2.21. The van der Waals surface area contributed by atoms with Gasteiger partial charge in [0.15, 0.2) is 0 Å². The van der Waals surface area contributed by atoms with Crippen LogP contribution in [-0.4, -0.2) is 30.6 Å². The average molecular weight is 262 g/mol. The first kappa shape index (κ1) is 13.8. The maximum atomic E-state index is 11.6. The number of anilines is 1. The van der Waals surface area contributed by atoms with Crippen LogP contribution in [0.15, 0.2) is 18.3 Å². The van der Waals surface area contributed by atoms with E-state index in [-0.39, 0.29) is 5.97 Å². The molecule has 1 unspecified atom stereocenters. The standard InChI is InChI=1S/C15H22N2O2/c1-3-13-7-5-4-6-10-17(13)14-11-12(8-9-16-14)15(18)19-2/h8-9,11,13H,3-7,10H2,1-2H3. The molecular weight excluding hydrogens is 240 g/mol. The number of nitrogens with zero attached hydrogens (tertiary/aromatic N) is 2. The third kappa shape index (κ3) is 3.25. The van der Waals surface area contributed by atoms with Crippen molar-refractivity contribution < 1.29 is 9.53 Å². The van der Waals surface area contributed by atoms with Crippen molar-refractivity contribution in [2.45, 2.75) is 45.1 Å². The number of hydrogen-bond donors (Lipinski definition) is 0. The Morgan fingerprint density at radius 2 is 2.32 bits per heavy atom. The summed E-state index contributed by atoms with van der Waals surface area (Å²) in [6, 6.07) is 4.08. The third-order valence-corrected chi connectivity index (χ3v) is 3.81. The van der Waals surface area contributed by atoms with E-state index in [1.54, 1.807) is 12.3 Å². The summed E-state index contributed by atoms with van der Waals surface area (Å²) in [7, 11) is 1.41. The van der Waals surface area contributed by atoms with Gasteiger partial charge in [0.2, 0.25) is 0 Å². The van der Waals surface area contributed by atoms with Crippen LogP contribution in [0.3, 0.4) is 0 Å². The van der Waals surface area contributed by atoms with Crippen LogP contribution in [0.1, 0.15) is 49.4 Å². The van der Waals surface area contributed by atoms with Gasteiger partial charge in [-0.2, -0.15) is 0 Å². The molecule has 1 aliphatic rings. The Hall–Kier alpha value is -1.58. The van der Waals surface area contributed by atoms with Crippen molar-refractivity contribution in [2.75, 3.05) is 18.6 Å². The molecule has 1 atom stereocenters. The molecule has 1 aliphatic heterocycles. The van der Waals surface area contributed by atoms with E-state index in [1.807, 2.05) is 6.07 Å². The van der Waals surface area contributed by atoms with E-state index in [1.165, 1.54) is 32.8 Å². The van der Waals surface area contributed by atoms with Crippen LogP contribution in [0.2, 0.25) is 0 Å². The highest BCUT2D eigenvalue weighted by atomic mass is 16.5. The Morgan fingerprint density at radius 1 is 1.47 bits per heavy atom. The number of ether oxygens (including phenoxy) is 1. The smallest absolute Gasteiger partial charge is 0.338 e. The second-order valence-corrected chi connectivity index (χ2v) is 5.00. The summed E-state index contributed by atoms with van der Waals surface area (Å²) in [5.74, 6) is 0.600. The molecule has 0 spiro atoms. The van der Waals surface area contributed by atoms with Gasteiger partial charge >= 0.3 is 5.97 Å². The van der Waals surface area contributed by atoms with Gasteiger partial charge in [-0.25, -0.2) is 9.78 Å². The zero-order valence-corrected chi connectivity index (χ0v) is 11.8. The van der Waals surface area contributed by atoms with Crippen LogP contribution < -0.4 is 4.90 Å². The zero-order chi connectivity index (χ0) is 13.7. The summed E-state index contributed by atoms with van der Waals surface area (Å²) >= 11 is 0. The fourth-order valence-corrected chi connectivity index (χ4v) is 2.72. The molecule has 0 radical (unpaired) electrons. The first-order valence-electron chi connectivity index (χ1n) is 7.07. The van der Waals surface area contributed by atoms with E-state index in [0.29, 0.717) is 11.6 Å². The fourth-order valence-electron chi connectivity index (χ4n) is 2.72. The lowest BCUT2D eigenvalue weighted by Gasteiger charge is -2.30. The summed E-state index contributed by atoms with van der Waals surface area (Å²) in [5.41, 5.74) is 0.576. The molecule has 2 rings (SSSR count). The molecule has 4 heteroatoms. The topological polar surface area (TPSA) is 42.4 Å². The van der Waals surface area contributed by atoms with E-state index in [2.05, 4.69) is 16.8 Å². The van der Waals surface area contributed by atoms with Crippen molar-refractivity contribution in [2.24, 2.45) is 0 Å². The number of rotatable bonds is 3. The molecule has 1 fully saturated rings. The zero-order valence-electron chi connectivity index (χ0n) is 11.8. The number of carbonyl (C=O) groups is 1. The number of esters is 1. The molecule has 0 saturated carbocycles. The molecule has 2 heterocycles. The summed E-state index contributed by atoms with van der Waals surface area (Å²) in [5, 5.41) is 0. The van der Waals surface area contributed by atoms with E-state index in [9.17, 15) is 4.79 Å². The van der Waals surface area contributed by atoms with Gasteiger partial charge in [0.1, 0.15) is 5.82 Å². The first-order chi connectivity index (χ1) is 9.26. The molecule has 1 aromatic heterocycles. The molecule has 0 bridgehead atoms. The van der Waals surface area contributed by atoms with E-state index < -0.39 is 0 Å². The third-order valence-electron chi connectivity index (χ3n) is 3.81. The van der Waals surface area contributed by atoms with Crippen LogP contribution >= 0.6 is 0 Å². The fraction of sp³-hybridized carbons (Fsp3) is 0.600. The lowest BCUT2D eigenvalue weighted by atomic mass is 10.1. The summed E-state index contributed by atoms with van der Waals surface area (Å²) in [4.78, 5) is 18.4. The van der Waals surface area contributed by atoms with Gasteiger partial charge in [0, 0.05) is 18.8 Å². The number of hydrogen-bond acceptors (Lipinski definition) is 4. The molecule has 104 valence electrons. The second-order valence-electron chi connectivity index (χ2n) is 5.00. The summed E-state index contributed by atoms with van der Waals surface area (Å²) in [6.07, 6.45) is 7.78. The lowest BCUT2D eigenvalue weighted by molar-refractivity contribution is 0.0600. The van der Waals surface area contributed by atoms with Crippen LogP contribution in [0.4, 0.5) is 5.82 Å². The van der Waals surface area contributed by atoms with Gasteiger partial charge in [-0.3, -0.25) is 0 Å². The minimum Gasteiger partial charge on any atom is -0.465 e. The second kappa shape index (κ2) is 6.55. The Morgan fingerprint density at radius 3 is 3.05 bits per heavy atom. The van der Waals surface area contributed by atoms with Crippen molar-refractivity contribution in [3.8, 4) is 0 Å². The van der Waals surface area contributed by atoms with Gasteiger partial charge in [0.05, 0.1) is 12.7 Å². The molecule has 0 aromatic carbocycles. The average Bonchev–Trinajstić information content (AvgIpc) is 2.71. The summed E-state index contributed by atoms with van der Waals surface area (Å²) < 4.78 is 4.77. The molecule has 4 nitrogen and oxygen atoms in total. The monoisotopic (exact) mass is 262 g/mol. The molecule has 0 amide bonds. The van der Waals surface area contributed by atoms with Gasteiger partial charge in [-0.15, -0.1) is 0 Å². The molecule has 1 saturated heterocycles. The van der Waals surface area contributed by atoms with Crippen LogP contribution in [0.25, 0.3) is 0 Å². The molecule has 19 heavy (non-hydrogen) atoms. The maximum Gasteiger partial charge on any atom is 0.338 e. The maximum absolute atomic E-state index is 11.6. The normalized spacial score (nSPS) is 19.9. The largest absolute Gasteiger partial charge is 0.465 e. The minimum absolute atomic E-state index is 0.300. The number of carbonyl (C=O) groups excluding carboxylic acids is 1. The van der Waals surface area contributed by atoms with Gasteiger partial charge in [-0.1, -0.05) is 19.8 Å². The molecular formula is C15H22N2O2. The molecule has 1 aromatic rings. The Bertz CT molecular complexity index is 434. The van der Waals surface area contributed by atoms with Crippen LogP contribution in [0.5, 0.6) is 0 Å².